The molecule has 5 rings (SSSR count). The second-order valence-electron chi connectivity index (χ2n) is 7.93. The molecule has 0 radical (unpaired) electrons. The van der Waals surface area contributed by atoms with Gasteiger partial charge in [0.1, 0.15) is 5.76 Å². The lowest BCUT2D eigenvalue weighted by molar-refractivity contribution is 0.393. The van der Waals surface area contributed by atoms with Gasteiger partial charge >= 0.3 is 0 Å². The molecule has 7 heteroatoms. The van der Waals surface area contributed by atoms with Crippen LogP contribution in [0.4, 0.5) is 0 Å². The van der Waals surface area contributed by atoms with E-state index in [1.165, 1.54) is 0 Å². The number of aromatic nitrogens is 5. The van der Waals surface area contributed by atoms with E-state index in [4.69, 9.17) is 9.51 Å². The van der Waals surface area contributed by atoms with Crippen molar-refractivity contribution in [3.63, 3.8) is 0 Å². The molecule has 1 aromatic carbocycles. The first-order valence-corrected chi connectivity index (χ1v) is 10.4. The van der Waals surface area contributed by atoms with Gasteiger partial charge in [0.25, 0.3) is 0 Å². The third-order valence-electron chi connectivity index (χ3n) is 5.81. The molecule has 0 aliphatic carbocycles. The number of hydrogen-bond donors (Lipinski definition) is 0. The average Bonchev–Trinajstić information content (AvgIpc) is 3.49. The van der Waals surface area contributed by atoms with Gasteiger partial charge in [0.15, 0.2) is 0 Å². The van der Waals surface area contributed by atoms with Gasteiger partial charge in [-0.1, -0.05) is 35.5 Å². The molecule has 0 amide bonds. The van der Waals surface area contributed by atoms with Crippen molar-refractivity contribution < 1.29 is 4.52 Å². The summed E-state index contributed by atoms with van der Waals surface area (Å²) >= 11 is 0. The lowest BCUT2D eigenvalue weighted by Crippen LogP contribution is -2.09. The number of rotatable bonds is 5. The predicted molar refractivity (Wildman–Crippen MR) is 122 cm³/mol. The molecule has 0 aliphatic rings. The third kappa shape index (κ3) is 3.26. The number of nitrogens with zero attached hydrogens (tertiary/aromatic N) is 6. The van der Waals surface area contributed by atoms with Crippen molar-refractivity contribution >= 4 is 11.0 Å². The Kier molecular flexibility index (Phi) is 4.83. The zero-order valence-corrected chi connectivity index (χ0v) is 18.1. The molecule has 0 N–H and O–H groups in total. The molecule has 158 valence electrons. The maximum Gasteiger partial charge on any atom is 0.141 e. The van der Waals surface area contributed by atoms with E-state index in [2.05, 4.69) is 45.3 Å². The Bertz CT molecular complexity index is 1430. The van der Waals surface area contributed by atoms with E-state index in [0.29, 0.717) is 6.42 Å². The summed E-state index contributed by atoms with van der Waals surface area (Å²) in [4.78, 5) is 4.85. The first-order chi connectivity index (χ1) is 15.6. The van der Waals surface area contributed by atoms with Gasteiger partial charge in [-0.2, -0.15) is 10.4 Å². The van der Waals surface area contributed by atoms with Gasteiger partial charge in [-0.25, -0.2) is 0 Å². The molecule has 4 aromatic heterocycles. The Morgan fingerprint density at radius 1 is 1.09 bits per heavy atom. The summed E-state index contributed by atoms with van der Waals surface area (Å²) in [7, 11) is 1.90. The maximum absolute atomic E-state index is 9.62. The van der Waals surface area contributed by atoms with E-state index in [0.717, 1.165) is 50.3 Å². The molecule has 5 aromatic rings. The van der Waals surface area contributed by atoms with Crippen molar-refractivity contribution in [1.82, 2.24) is 24.5 Å². The fourth-order valence-corrected chi connectivity index (χ4v) is 4.33. The van der Waals surface area contributed by atoms with E-state index in [9.17, 15) is 5.26 Å². The molecular formula is C25H22N6O. The zero-order chi connectivity index (χ0) is 22.2. The number of benzene rings is 1. The highest BCUT2D eigenvalue weighted by atomic mass is 16.5. The van der Waals surface area contributed by atoms with Gasteiger partial charge < -0.3 is 9.09 Å². The maximum atomic E-state index is 9.62. The lowest BCUT2D eigenvalue weighted by Gasteiger charge is -2.18. The molecule has 0 saturated heterocycles. The molecule has 7 nitrogen and oxygen atoms in total. The van der Waals surface area contributed by atoms with Crippen LogP contribution in [0.2, 0.25) is 0 Å². The summed E-state index contributed by atoms with van der Waals surface area (Å²) in [5, 5.41) is 18.1. The molecule has 0 saturated carbocycles. The standard InChI is InChI=1S/C25H22N6O/c1-16-24(17(2)32-29-16)19-11-23-25(27-12-19)21(20-13-28-30(3)14-20)15-31(23)22(9-10-26)18-7-5-4-6-8-18/h4-8,11-15,22H,9H2,1-3H3. The quantitative estimate of drug-likeness (QED) is 0.388. The van der Waals surface area contributed by atoms with Crippen molar-refractivity contribution in [3.8, 4) is 28.3 Å². The van der Waals surface area contributed by atoms with E-state index < -0.39 is 0 Å². The van der Waals surface area contributed by atoms with Gasteiger partial charge in [0, 0.05) is 47.9 Å². The van der Waals surface area contributed by atoms with Crippen LogP contribution in [0.1, 0.15) is 29.5 Å². The molecule has 32 heavy (non-hydrogen) atoms. The summed E-state index contributed by atoms with van der Waals surface area (Å²) in [5.41, 5.74) is 7.58. The fraction of sp³-hybridized carbons (Fsp3) is 0.200. The van der Waals surface area contributed by atoms with Gasteiger partial charge in [-0.3, -0.25) is 9.67 Å². The molecular weight excluding hydrogens is 400 g/mol. The van der Waals surface area contributed by atoms with Crippen molar-refractivity contribution in [3.05, 3.63) is 78.2 Å². The molecule has 0 aliphatic heterocycles. The van der Waals surface area contributed by atoms with Crippen molar-refractivity contribution in [1.29, 1.82) is 5.26 Å². The zero-order valence-electron chi connectivity index (χ0n) is 18.1. The average molecular weight is 422 g/mol. The Morgan fingerprint density at radius 2 is 1.91 bits per heavy atom. The van der Waals surface area contributed by atoms with Gasteiger partial charge in [0.2, 0.25) is 0 Å². The van der Waals surface area contributed by atoms with Crippen LogP contribution in [0.15, 0.2) is 65.7 Å². The number of nitriles is 1. The summed E-state index contributed by atoms with van der Waals surface area (Å²) in [5.74, 6) is 0.755. The van der Waals surface area contributed by atoms with Crippen LogP contribution < -0.4 is 0 Å². The second kappa shape index (κ2) is 7.82. The van der Waals surface area contributed by atoms with Crippen LogP contribution in [0, 0.1) is 25.2 Å². The third-order valence-corrected chi connectivity index (χ3v) is 5.81. The minimum Gasteiger partial charge on any atom is -0.361 e. The van der Waals surface area contributed by atoms with E-state index in [1.54, 1.807) is 4.68 Å². The Hall–Kier alpha value is -4.18. The number of aryl methyl sites for hydroxylation is 3. The summed E-state index contributed by atoms with van der Waals surface area (Å²) < 4.78 is 9.32. The van der Waals surface area contributed by atoms with E-state index in [1.807, 2.05) is 57.7 Å². The Morgan fingerprint density at radius 3 is 2.56 bits per heavy atom. The van der Waals surface area contributed by atoms with Crippen LogP contribution in [-0.2, 0) is 7.05 Å². The van der Waals surface area contributed by atoms with Crippen LogP contribution in [0.5, 0.6) is 0 Å². The second-order valence-corrected chi connectivity index (χ2v) is 7.93. The highest BCUT2D eigenvalue weighted by Gasteiger charge is 2.22. The van der Waals surface area contributed by atoms with Crippen molar-refractivity contribution in [2.45, 2.75) is 26.3 Å². The first-order valence-electron chi connectivity index (χ1n) is 10.4. The van der Waals surface area contributed by atoms with Crippen molar-refractivity contribution in [2.24, 2.45) is 7.05 Å². The topological polar surface area (TPSA) is 85.5 Å². The van der Waals surface area contributed by atoms with E-state index in [-0.39, 0.29) is 6.04 Å². The van der Waals surface area contributed by atoms with Gasteiger partial charge in [-0.15, -0.1) is 0 Å². The lowest BCUT2D eigenvalue weighted by atomic mass is 10.0. The van der Waals surface area contributed by atoms with Gasteiger partial charge in [0.05, 0.1) is 41.5 Å². The Labute approximate surface area is 185 Å². The van der Waals surface area contributed by atoms with Crippen LogP contribution in [-0.4, -0.2) is 24.5 Å². The van der Waals surface area contributed by atoms with Crippen LogP contribution in [0.3, 0.4) is 0 Å². The molecule has 0 spiro atoms. The largest absolute Gasteiger partial charge is 0.361 e. The highest BCUT2D eigenvalue weighted by molar-refractivity contribution is 5.95. The highest BCUT2D eigenvalue weighted by Crippen LogP contribution is 2.37. The van der Waals surface area contributed by atoms with E-state index >= 15 is 0 Å². The van der Waals surface area contributed by atoms with Crippen LogP contribution >= 0.6 is 0 Å². The Balaban J connectivity index is 1.78. The molecule has 0 fully saturated rings. The minimum atomic E-state index is -0.143. The monoisotopic (exact) mass is 422 g/mol. The SMILES string of the molecule is Cc1noc(C)c1-c1cnc2c(-c3cnn(C)c3)cn(C(CC#N)c3ccccc3)c2c1. The normalized spacial score (nSPS) is 12.2. The molecule has 1 unspecified atom stereocenters. The molecule has 1 atom stereocenters. The number of hydrogen-bond acceptors (Lipinski definition) is 5. The molecule has 0 bridgehead atoms. The molecule has 4 heterocycles. The summed E-state index contributed by atoms with van der Waals surface area (Å²) in [6.07, 6.45) is 8.10. The fourth-order valence-electron chi connectivity index (χ4n) is 4.33. The van der Waals surface area contributed by atoms with Crippen molar-refractivity contribution in [2.75, 3.05) is 0 Å². The van der Waals surface area contributed by atoms with Gasteiger partial charge in [-0.05, 0) is 25.5 Å². The van der Waals surface area contributed by atoms with Crippen LogP contribution in [0.25, 0.3) is 33.3 Å². The number of pyridine rings is 1. The number of fused-ring (bicyclic) bond motifs is 1. The first kappa shape index (κ1) is 19.8. The minimum absolute atomic E-state index is 0.143. The smallest absolute Gasteiger partial charge is 0.141 e. The summed E-state index contributed by atoms with van der Waals surface area (Å²) in [6.45, 7) is 3.83. The predicted octanol–water partition coefficient (Wildman–Crippen LogP) is 5.21. The summed E-state index contributed by atoms with van der Waals surface area (Å²) in [6, 6.07) is 14.4.